The molecule has 2 fully saturated rings. The number of nitriles is 1. The average molecular weight is 206 g/mol. The van der Waals surface area contributed by atoms with E-state index in [1.807, 2.05) is 0 Å². The molecule has 82 valence electrons. The van der Waals surface area contributed by atoms with Crippen molar-refractivity contribution in [2.75, 3.05) is 0 Å². The van der Waals surface area contributed by atoms with Gasteiger partial charge >= 0.3 is 0 Å². The van der Waals surface area contributed by atoms with E-state index in [1.165, 1.54) is 0 Å². The zero-order chi connectivity index (χ0) is 11.1. The molecule has 0 radical (unpaired) electrons. The molecule has 0 aromatic heterocycles. The maximum Gasteiger partial charge on any atom is 0.223 e. The Bertz CT molecular complexity index is 316. The van der Waals surface area contributed by atoms with Crippen molar-refractivity contribution in [3.8, 4) is 6.07 Å². The first-order chi connectivity index (χ1) is 7.04. The third kappa shape index (κ3) is 1.99. The highest BCUT2D eigenvalue weighted by Gasteiger charge is 2.51. The second-order valence-corrected chi connectivity index (χ2v) is 5.53. The lowest BCUT2D eigenvalue weighted by Crippen LogP contribution is -2.38. The fourth-order valence-corrected chi connectivity index (χ4v) is 2.49. The zero-order valence-electron chi connectivity index (χ0n) is 9.42. The van der Waals surface area contributed by atoms with Crippen molar-refractivity contribution in [1.82, 2.24) is 5.32 Å². The minimum Gasteiger partial charge on any atom is -0.352 e. The van der Waals surface area contributed by atoms with Gasteiger partial charge < -0.3 is 5.32 Å². The third-order valence-electron chi connectivity index (χ3n) is 3.84. The number of amides is 1. The summed E-state index contributed by atoms with van der Waals surface area (Å²) >= 11 is 0. The molecule has 0 heterocycles. The molecular weight excluding hydrogens is 188 g/mol. The Morgan fingerprint density at radius 2 is 2.13 bits per heavy atom. The van der Waals surface area contributed by atoms with Gasteiger partial charge in [0.1, 0.15) is 0 Å². The summed E-state index contributed by atoms with van der Waals surface area (Å²) in [6.07, 6.45) is 3.96. The van der Waals surface area contributed by atoms with Gasteiger partial charge in [0.25, 0.3) is 0 Å². The van der Waals surface area contributed by atoms with Crippen molar-refractivity contribution in [3.63, 3.8) is 0 Å². The van der Waals surface area contributed by atoms with Gasteiger partial charge in [-0.05, 0) is 31.1 Å². The standard InChI is InChI=1S/C12H18N2O/c1-12(2)6-9(12)11(15)14-10-5-3-4-8(10)7-13/h8-10H,3-6H2,1-2H3,(H,14,15). The molecular formula is C12H18N2O. The van der Waals surface area contributed by atoms with Gasteiger partial charge in [0.05, 0.1) is 12.0 Å². The van der Waals surface area contributed by atoms with Crippen LogP contribution in [0.25, 0.3) is 0 Å². The lowest BCUT2D eigenvalue weighted by Gasteiger charge is -2.16. The number of hydrogen-bond donors (Lipinski definition) is 1. The minimum absolute atomic E-state index is 0.0378. The van der Waals surface area contributed by atoms with Crippen molar-refractivity contribution < 1.29 is 4.79 Å². The molecule has 0 aromatic carbocycles. The van der Waals surface area contributed by atoms with Gasteiger partial charge in [-0.15, -0.1) is 0 Å². The second-order valence-electron chi connectivity index (χ2n) is 5.53. The highest BCUT2D eigenvalue weighted by Crippen LogP contribution is 2.51. The minimum atomic E-state index is 0.0378. The normalized spacial score (nSPS) is 37.0. The Balaban J connectivity index is 1.88. The fraction of sp³-hybridized carbons (Fsp3) is 0.833. The zero-order valence-corrected chi connectivity index (χ0v) is 9.42. The van der Waals surface area contributed by atoms with E-state index in [2.05, 4.69) is 25.2 Å². The van der Waals surface area contributed by atoms with Crippen LogP contribution in [-0.4, -0.2) is 11.9 Å². The Labute approximate surface area is 90.8 Å². The van der Waals surface area contributed by atoms with Gasteiger partial charge in [-0.1, -0.05) is 13.8 Å². The lowest BCUT2D eigenvalue weighted by molar-refractivity contribution is -0.123. The van der Waals surface area contributed by atoms with Gasteiger partial charge in [0.15, 0.2) is 0 Å². The number of nitrogens with zero attached hydrogens (tertiary/aromatic N) is 1. The Hall–Kier alpha value is -1.04. The average Bonchev–Trinajstić information content (AvgIpc) is 2.60. The molecule has 0 bridgehead atoms. The number of nitrogens with one attached hydrogen (secondary N) is 1. The van der Waals surface area contributed by atoms with Crippen LogP contribution in [-0.2, 0) is 4.79 Å². The molecule has 2 saturated carbocycles. The summed E-state index contributed by atoms with van der Waals surface area (Å²) in [4.78, 5) is 11.8. The van der Waals surface area contributed by atoms with Crippen LogP contribution >= 0.6 is 0 Å². The third-order valence-corrected chi connectivity index (χ3v) is 3.84. The molecule has 3 atom stereocenters. The van der Waals surface area contributed by atoms with Crippen molar-refractivity contribution in [3.05, 3.63) is 0 Å². The van der Waals surface area contributed by atoms with Crippen molar-refractivity contribution in [2.45, 2.75) is 45.6 Å². The largest absolute Gasteiger partial charge is 0.352 e. The Morgan fingerprint density at radius 1 is 1.47 bits per heavy atom. The van der Waals surface area contributed by atoms with Crippen molar-refractivity contribution in [1.29, 1.82) is 5.26 Å². The van der Waals surface area contributed by atoms with Gasteiger partial charge in [-0.3, -0.25) is 4.79 Å². The number of carbonyl (C=O) groups excluding carboxylic acids is 1. The Morgan fingerprint density at radius 3 is 2.67 bits per heavy atom. The maximum absolute atomic E-state index is 11.8. The molecule has 1 N–H and O–H groups in total. The first-order valence-corrected chi connectivity index (χ1v) is 5.74. The molecule has 3 unspecified atom stereocenters. The first-order valence-electron chi connectivity index (χ1n) is 5.74. The van der Waals surface area contributed by atoms with Crippen molar-refractivity contribution in [2.24, 2.45) is 17.3 Å². The highest BCUT2D eigenvalue weighted by molar-refractivity contribution is 5.82. The summed E-state index contributed by atoms with van der Waals surface area (Å²) < 4.78 is 0. The smallest absolute Gasteiger partial charge is 0.223 e. The molecule has 0 aliphatic heterocycles. The molecule has 0 aromatic rings. The molecule has 2 rings (SSSR count). The van der Waals surface area contributed by atoms with E-state index in [0.717, 1.165) is 25.7 Å². The van der Waals surface area contributed by atoms with Gasteiger partial charge in [0.2, 0.25) is 5.91 Å². The summed E-state index contributed by atoms with van der Waals surface area (Å²) in [7, 11) is 0. The number of hydrogen-bond acceptors (Lipinski definition) is 2. The van der Waals surface area contributed by atoms with E-state index in [9.17, 15) is 4.79 Å². The van der Waals surface area contributed by atoms with E-state index in [-0.39, 0.29) is 29.2 Å². The number of carbonyl (C=O) groups is 1. The molecule has 1 amide bonds. The summed E-state index contributed by atoms with van der Waals surface area (Å²) in [5, 5.41) is 11.9. The number of rotatable bonds is 2. The van der Waals surface area contributed by atoms with Crippen LogP contribution in [0, 0.1) is 28.6 Å². The monoisotopic (exact) mass is 206 g/mol. The molecule has 3 nitrogen and oxygen atoms in total. The van der Waals surface area contributed by atoms with Crippen LogP contribution in [0.5, 0.6) is 0 Å². The molecule has 0 saturated heterocycles. The predicted octanol–water partition coefficient (Wildman–Crippen LogP) is 1.84. The summed E-state index contributed by atoms with van der Waals surface area (Å²) in [6, 6.07) is 2.39. The first kappa shape index (κ1) is 10.5. The molecule has 2 aliphatic rings. The van der Waals surface area contributed by atoms with Crippen molar-refractivity contribution >= 4 is 5.91 Å². The SMILES string of the molecule is CC1(C)CC1C(=O)NC1CCCC1C#N. The maximum atomic E-state index is 11.8. The van der Waals surface area contributed by atoms with Gasteiger partial charge in [0, 0.05) is 12.0 Å². The van der Waals surface area contributed by atoms with Gasteiger partial charge in [-0.2, -0.15) is 5.26 Å². The van der Waals surface area contributed by atoms with E-state index >= 15 is 0 Å². The topological polar surface area (TPSA) is 52.9 Å². The molecule has 15 heavy (non-hydrogen) atoms. The van der Waals surface area contributed by atoms with Gasteiger partial charge in [-0.25, -0.2) is 0 Å². The van der Waals surface area contributed by atoms with E-state index in [1.54, 1.807) is 0 Å². The quantitative estimate of drug-likeness (QED) is 0.749. The van der Waals surface area contributed by atoms with Crippen LogP contribution in [0.3, 0.4) is 0 Å². The summed E-state index contributed by atoms with van der Waals surface area (Å²) in [5.74, 6) is 0.375. The van der Waals surface area contributed by atoms with Crippen LogP contribution in [0.15, 0.2) is 0 Å². The highest BCUT2D eigenvalue weighted by atomic mass is 16.2. The van der Waals surface area contributed by atoms with Crippen LogP contribution in [0.2, 0.25) is 0 Å². The van der Waals surface area contributed by atoms with Crippen LogP contribution < -0.4 is 5.32 Å². The summed E-state index contributed by atoms with van der Waals surface area (Å²) in [6.45, 7) is 4.24. The molecule has 3 heteroatoms. The Kier molecular flexibility index (Phi) is 2.46. The predicted molar refractivity (Wildman–Crippen MR) is 56.8 cm³/mol. The lowest BCUT2D eigenvalue weighted by atomic mass is 10.0. The molecule has 2 aliphatic carbocycles. The fourth-order valence-electron chi connectivity index (χ4n) is 2.49. The van der Waals surface area contributed by atoms with E-state index in [4.69, 9.17) is 5.26 Å². The van der Waals surface area contributed by atoms with E-state index in [0.29, 0.717) is 0 Å². The summed E-state index contributed by atoms with van der Waals surface area (Å²) in [5.41, 5.74) is 0.185. The van der Waals surface area contributed by atoms with Crippen LogP contribution in [0.1, 0.15) is 39.5 Å². The van der Waals surface area contributed by atoms with E-state index < -0.39 is 0 Å². The second kappa shape index (κ2) is 3.52. The van der Waals surface area contributed by atoms with Crippen LogP contribution in [0.4, 0.5) is 0 Å². The molecule has 0 spiro atoms.